The van der Waals surface area contributed by atoms with Crippen LogP contribution in [0.2, 0.25) is 0 Å². The average Bonchev–Trinajstić information content (AvgIpc) is 1.99. The number of aromatic carboxylic acids is 1. The molecule has 0 aromatic heterocycles. The Bertz CT molecular complexity index is 392. The van der Waals surface area contributed by atoms with E-state index in [0.717, 1.165) is 18.2 Å². The molecule has 0 saturated heterocycles. The summed E-state index contributed by atoms with van der Waals surface area (Å²) in [5.41, 5.74) is 0.484. The lowest BCUT2D eigenvalue weighted by molar-refractivity contribution is -0.0328. The summed E-state index contributed by atoms with van der Waals surface area (Å²) in [5, 5.41) is 8.58. The van der Waals surface area contributed by atoms with Gasteiger partial charge in [0.1, 0.15) is 0 Å². The van der Waals surface area contributed by atoms with Crippen LogP contribution in [0.15, 0.2) is 23.1 Å². The molecule has 0 saturated carbocycles. The van der Waals surface area contributed by atoms with Gasteiger partial charge in [0.05, 0.1) is 5.56 Å². The van der Waals surface area contributed by atoms with E-state index in [-0.39, 0.29) is 27.9 Å². The van der Waals surface area contributed by atoms with E-state index < -0.39 is 11.5 Å². The van der Waals surface area contributed by atoms with Crippen LogP contribution in [0.4, 0.5) is 18.9 Å². The number of hydrogen-bond donors (Lipinski definition) is 2. The van der Waals surface area contributed by atoms with Gasteiger partial charge in [-0.05, 0) is 30.0 Å². The molecule has 0 fully saturated rings. The molecule has 1 aromatic rings. The van der Waals surface area contributed by atoms with Crippen LogP contribution < -0.4 is 5.73 Å². The highest BCUT2D eigenvalue weighted by molar-refractivity contribution is 8.00. The number of nitrogens with two attached hydrogens (primary N) is 1. The van der Waals surface area contributed by atoms with Crippen molar-refractivity contribution >= 4 is 23.4 Å². The molecule has 0 bridgehead atoms. The molecular formula is C8H6F3NO2S. The normalized spacial score (nSPS) is 11.4. The van der Waals surface area contributed by atoms with Crippen molar-refractivity contribution in [2.75, 3.05) is 5.73 Å². The molecule has 82 valence electrons. The molecule has 0 amide bonds. The van der Waals surface area contributed by atoms with Gasteiger partial charge >= 0.3 is 11.5 Å². The molecule has 0 aliphatic carbocycles. The summed E-state index contributed by atoms with van der Waals surface area (Å²) in [6, 6.07) is 3.10. The Morgan fingerprint density at radius 3 is 2.40 bits per heavy atom. The van der Waals surface area contributed by atoms with E-state index in [1.807, 2.05) is 0 Å². The standard InChI is InChI=1S/C8H6F3NO2S/c9-8(10,11)15-4-1-2-5(7(13)14)6(12)3-4/h1-3H,12H2,(H,13,14). The zero-order valence-electron chi connectivity index (χ0n) is 7.21. The predicted molar refractivity (Wildman–Crippen MR) is 49.7 cm³/mol. The van der Waals surface area contributed by atoms with Gasteiger partial charge in [0.25, 0.3) is 0 Å². The molecule has 3 N–H and O–H groups in total. The van der Waals surface area contributed by atoms with Crippen LogP contribution in [0.3, 0.4) is 0 Å². The van der Waals surface area contributed by atoms with Crippen molar-refractivity contribution in [3.8, 4) is 0 Å². The van der Waals surface area contributed by atoms with Crippen LogP contribution in [0.25, 0.3) is 0 Å². The number of anilines is 1. The molecule has 0 heterocycles. The van der Waals surface area contributed by atoms with Crippen molar-refractivity contribution in [1.29, 1.82) is 0 Å². The van der Waals surface area contributed by atoms with Crippen LogP contribution in [0.1, 0.15) is 10.4 Å². The van der Waals surface area contributed by atoms with Crippen LogP contribution in [0.5, 0.6) is 0 Å². The van der Waals surface area contributed by atoms with Crippen molar-refractivity contribution in [3.63, 3.8) is 0 Å². The fourth-order valence-electron chi connectivity index (χ4n) is 0.933. The Morgan fingerprint density at radius 1 is 1.40 bits per heavy atom. The van der Waals surface area contributed by atoms with Gasteiger partial charge in [-0.3, -0.25) is 0 Å². The van der Waals surface area contributed by atoms with Gasteiger partial charge in [0.2, 0.25) is 0 Å². The molecular weight excluding hydrogens is 231 g/mol. The van der Waals surface area contributed by atoms with Gasteiger partial charge in [0, 0.05) is 10.6 Å². The maximum atomic E-state index is 11.9. The van der Waals surface area contributed by atoms with Gasteiger partial charge in [-0.15, -0.1) is 0 Å². The van der Waals surface area contributed by atoms with Crippen LogP contribution in [-0.2, 0) is 0 Å². The maximum absolute atomic E-state index is 11.9. The first-order chi connectivity index (χ1) is 6.79. The number of carboxylic acids is 1. The van der Waals surface area contributed by atoms with Crippen molar-refractivity contribution in [2.24, 2.45) is 0 Å². The minimum absolute atomic E-state index is 0.134. The number of carboxylic acid groups (broad SMARTS) is 1. The molecule has 0 spiro atoms. The van der Waals surface area contributed by atoms with E-state index >= 15 is 0 Å². The topological polar surface area (TPSA) is 63.3 Å². The summed E-state index contributed by atoms with van der Waals surface area (Å²) >= 11 is -0.338. The zero-order valence-corrected chi connectivity index (χ0v) is 8.02. The smallest absolute Gasteiger partial charge is 0.446 e. The Morgan fingerprint density at radius 2 is 2.00 bits per heavy atom. The second-order valence-corrected chi connectivity index (χ2v) is 3.74. The van der Waals surface area contributed by atoms with Crippen molar-refractivity contribution in [2.45, 2.75) is 10.4 Å². The second-order valence-electron chi connectivity index (χ2n) is 2.60. The monoisotopic (exact) mass is 237 g/mol. The quantitative estimate of drug-likeness (QED) is 0.613. The zero-order chi connectivity index (χ0) is 11.6. The molecule has 0 aliphatic heterocycles. The number of nitrogen functional groups attached to an aromatic ring is 1. The summed E-state index contributed by atoms with van der Waals surface area (Å²) in [6.45, 7) is 0. The van der Waals surface area contributed by atoms with Gasteiger partial charge < -0.3 is 10.8 Å². The molecule has 0 radical (unpaired) electrons. The third-order valence-corrected chi connectivity index (χ3v) is 2.21. The van der Waals surface area contributed by atoms with Gasteiger partial charge in [-0.25, -0.2) is 4.79 Å². The molecule has 15 heavy (non-hydrogen) atoms. The largest absolute Gasteiger partial charge is 0.478 e. The number of rotatable bonds is 2. The highest BCUT2D eigenvalue weighted by atomic mass is 32.2. The second kappa shape index (κ2) is 4.01. The lowest BCUT2D eigenvalue weighted by Crippen LogP contribution is -2.03. The van der Waals surface area contributed by atoms with Crippen LogP contribution in [0, 0.1) is 0 Å². The number of benzene rings is 1. The van der Waals surface area contributed by atoms with E-state index in [0.29, 0.717) is 0 Å². The molecule has 0 unspecified atom stereocenters. The lowest BCUT2D eigenvalue weighted by Gasteiger charge is -2.07. The Balaban J connectivity index is 2.97. The summed E-state index contributed by atoms with van der Waals surface area (Å²) < 4.78 is 35.8. The number of halogens is 3. The number of hydrogen-bond acceptors (Lipinski definition) is 3. The Hall–Kier alpha value is -1.37. The summed E-state index contributed by atoms with van der Waals surface area (Å²) in [7, 11) is 0. The van der Waals surface area contributed by atoms with E-state index in [2.05, 4.69) is 0 Å². The number of alkyl halides is 3. The third kappa shape index (κ3) is 3.35. The van der Waals surface area contributed by atoms with Crippen molar-refractivity contribution < 1.29 is 23.1 Å². The van der Waals surface area contributed by atoms with Crippen LogP contribution >= 0.6 is 11.8 Å². The molecule has 1 aromatic carbocycles. The first kappa shape index (κ1) is 11.7. The number of carbonyl (C=O) groups is 1. The van der Waals surface area contributed by atoms with E-state index in [1.54, 1.807) is 0 Å². The number of thioether (sulfide) groups is 1. The Labute approximate surface area is 87.1 Å². The minimum atomic E-state index is -4.41. The fourth-order valence-corrected chi connectivity index (χ4v) is 1.52. The SMILES string of the molecule is Nc1cc(SC(F)(F)F)ccc1C(=O)O. The molecule has 7 heteroatoms. The van der Waals surface area contributed by atoms with Crippen LogP contribution in [-0.4, -0.2) is 16.6 Å². The fraction of sp³-hybridized carbons (Fsp3) is 0.125. The van der Waals surface area contributed by atoms with E-state index in [9.17, 15) is 18.0 Å². The van der Waals surface area contributed by atoms with Crippen molar-refractivity contribution in [1.82, 2.24) is 0 Å². The maximum Gasteiger partial charge on any atom is 0.446 e. The Kier molecular flexibility index (Phi) is 3.13. The van der Waals surface area contributed by atoms with Gasteiger partial charge in [0.15, 0.2) is 0 Å². The van der Waals surface area contributed by atoms with E-state index in [4.69, 9.17) is 10.8 Å². The molecule has 0 aliphatic rings. The summed E-state index contributed by atoms with van der Waals surface area (Å²) in [4.78, 5) is 10.4. The molecule has 3 nitrogen and oxygen atoms in total. The minimum Gasteiger partial charge on any atom is -0.478 e. The molecule has 1 rings (SSSR count). The van der Waals surface area contributed by atoms with Crippen molar-refractivity contribution in [3.05, 3.63) is 23.8 Å². The average molecular weight is 237 g/mol. The summed E-state index contributed by atoms with van der Waals surface area (Å²) in [5.74, 6) is -1.27. The van der Waals surface area contributed by atoms with E-state index in [1.165, 1.54) is 0 Å². The molecule has 0 atom stereocenters. The van der Waals surface area contributed by atoms with Gasteiger partial charge in [-0.1, -0.05) is 0 Å². The predicted octanol–water partition coefficient (Wildman–Crippen LogP) is 2.58. The lowest BCUT2D eigenvalue weighted by atomic mass is 10.2. The third-order valence-electron chi connectivity index (χ3n) is 1.49. The highest BCUT2D eigenvalue weighted by Crippen LogP contribution is 2.37. The first-order valence-corrected chi connectivity index (χ1v) is 4.50. The summed E-state index contributed by atoms with van der Waals surface area (Å²) in [6.07, 6.45) is 0. The first-order valence-electron chi connectivity index (χ1n) is 3.68. The van der Waals surface area contributed by atoms with Gasteiger partial charge in [-0.2, -0.15) is 13.2 Å². The highest BCUT2D eigenvalue weighted by Gasteiger charge is 2.29.